The smallest absolute Gasteiger partial charge is 0.232 e. The number of hydrogen-bond donors (Lipinski definition) is 1. The van der Waals surface area contributed by atoms with E-state index in [0.29, 0.717) is 35.9 Å². The van der Waals surface area contributed by atoms with Gasteiger partial charge < -0.3 is 10.1 Å². The normalized spacial score (nSPS) is 14.4. The second-order valence-corrected chi connectivity index (χ2v) is 7.32. The molecule has 1 saturated carbocycles. The van der Waals surface area contributed by atoms with Crippen molar-refractivity contribution in [2.24, 2.45) is 5.92 Å². The molecule has 0 spiro atoms. The number of ether oxygens (including phenoxy) is 1. The van der Waals surface area contributed by atoms with E-state index in [1.807, 2.05) is 6.07 Å². The number of pyridine rings is 1. The summed E-state index contributed by atoms with van der Waals surface area (Å²) in [6.07, 6.45) is 4.26. The molecule has 0 bridgehead atoms. The fourth-order valence-electron chi connectivity index (χ4n) is 1.89. The van der Waals surface area contributed by atoms with Gasteiger partial charge in [-0.25, -0.2) is 4.98 Å². The highest BCUT2D eigenvalue weighted by molar-refractivity contribution is 7.15. The van der Waals surface area contributed by atoms with Gasteiger partial charge in [0.1, 0.15) is 10.0 Å². The van der Waals surface area contributed by atoms with Crippen LogP contribution in [-0.4, -0.2) is 21.8 Å². The van der Waals surface area contributed by atoms with Gasteiger partial charge in [0.2, 0.25) is 11.0 Å². The van der Waals surface area contributed by atoms with Gasteiger partial charge in [-0.05, 0) is 30.4 Å². The predicted molar refractivity (Wildman–Crippen MR) is 88.8 cm³/mol. The van der Waals surface area contributed by atoms with Crippen molar-refractivity contribution in [1.29, 1.82) is 0 Å². The molecular formula is C15H19ClN4OS. The molecule has 0 amide bonds. The lowest BCUT2D eigenvalue weighted by molar-refractivity contribution is 0.261. The van der Waals surface area contributed by atoms with Crippen LogP contribution in [0.1, 0.15) is 43.2 Å². The van der Waals surface area contributed by atoms with Crippen LogP contribution >= 0.6 is 22.9 Å². The number of rotatable bonds is 7. The second-order valence-electron chi connectivity index (χ2n) is 5.91. The highest BCUT2D eigenvalue weighted by atomic mass is 35.5. The number of aromatic nitrogens is 3. The van der Waals surface area contributed by atoms with Crippen LogP contribution in [0.25, 0.3) is 0 Å². The summed E-state index contributed by atoms with van der Waals surface area (Å²) in [6.45, 7) is 5.41. The third-order valence-electron chi connectivity index (χ3n) is 3.23. The molecule has 0 radical (unpaired) electrons. The summed E-state index contributed by atoms with van der Waals surface area (Å²) in [5.74, 6) is 1.57. The Bertz CT molecular complexity index is 642. The third-order valence-corrected chi connectivity index (χ3v) is 4.54. The molecule has 3 rings (SSSR count). The highest BCUT2D eigenvalue weighted by Crippen LogP contribution is 2.42. The molecule has 2 aromatic rings. The van der Waals surface area contributed by atoms with Gasteiger partial charge in [0.05, 0.1) is 6.61 Å². The van der Waals surface area contributed by atoms with E-state index in [4.69, 9.17) is 16.3 Å². The molecule has 0 aromatic carbocycles. The molecule has 1 fully saturated rings. The van der Waals surface area contributed by atoms with Crippen molar-refractivity contribution in [3.05, 3.63) is 27.9 Å². The summed E-state index contributed by atoms with van der Waals surface area (Å²) in [7, 11) is 0. The van der Waals surface area contributed by atoms with E-state index in [1.165, 1.54) is 12.8 Å². The molecule has 2 heterocycles. The molecule has 1 aliphatic carbocycles. The lowest BCUT2D eigenvalue weighted by Crippen LogP contribution is -2.07. The van der Waals surface area contributed by atoms with Crippen molar-refractivity contribution < 1.29 is 4.74 Å². The van der Waals surface area contributed by atoms with Crippen LogP contribution in [0.5, 0.6) is 5.88 Å². The molecule has 0 atom stereocenters. The van der Waals surface area contributed by atoms with Crippen LogP contribution < -0.4 is 10.1 Å². The lowest BCUT2D eigenvalue weighted by Gasteiger charge is -2.10. The van der Waals surface area contributed by atoms with Crippen LogP contribution in [0.2, 0.25) is 5.02 Å². The van der Waals surface area contributed by atoms with Crippen molar-refractivity contribution >= 4 is 28.1 Å². The van der Waals surface area contributed by atoms with Crippen LogP contribution in [0.3, 0.4) is 0 Å². The average molecular weight is 339 g/mol. The van der Waals surface area contributed by atoms with Gasteiger partial charge in [0.15, 0.2) is 0 Å². The topological polar surface area (TPSA) is 59.9 Å². The van der Waals surface area contributed by atoms with E-state index in [9.17, 15) is 0 Å². The Labute approximate surface area is 139 Å². The Balaban J connectivity index is 1.56. The zero-order chi connectivity index (χ0) is 15.5. The Morgan fingerprint density at radius 1 is 1.41 bits per heavy atom. The Morgan fingerprint density at radius 2 is 2.23 bits per heavy atom. The Morgan fingerprint density at radius 3 is 2.91 bits per heavy atom. The van der Waals surface area contributed by atoms with Gasteiger partial charge in [0, 0.05) is 18.7 Å². The van der Waals surface area contributed by atoms with E-state index in [1.54, 1.807) is 17.5 Å². The van der Waals surface area contributed by atoms with Gasteiger partial charge >= 0.3 is 0 Å². The Kier molecular flexibility index (Phi) is 4.78. The van der Waals surface area contributed by atoms with Gasteiger partial charge in [-0.2, -0.15) is 0 Å². The van der Waals surface area contributed by atoms with Crippen LogP contribution in [-0.2, 0) is 6.54 Å². The fourth-order valence-corrected chi connectivity index (χ4v) is 3.04. The molecule has 2 aromatic heterocycles. The summed E-state index contributed by atoms with van der Waals surface area (Å²) >= 11 is 7.84. The highest BCUT2D eigenvalue weighted by Gasteiger charge is 2.27. The maximum Gasteiger partial charge on any atom is 0.232 e. The molecule has 1 N–H and O–H groups in total. The standard InChI is InChI=1S/C15H19ClN4OS/c1-9(2)8-21-13-12(16)5-10(6-17-13)7-18-15-20-19-14(22-15)11-3-4-11/h5-6,9,11H,3-4,7-8H2,1-2H3,(H,18,20). The molecule has 0 saturated heterocycles. The summed E-state index contributed by atoms with van der Waals surface area (Å²) in [5, 5.41) is 14.2. The summed E-state index contributed by atoms with van der Waals surface area (Å²) in [5.41, 5.74) is 0.991. The van der Waals surface area contributed by atoms with E-state index in [0.717, 1.165) is 15.7 Å². The van der Waals surface area contributed by atoms with Crippen molar-refractivity contribution in [2.45, 2.75) is 39.2 Å². The minimum absolute atomic E-state index is 0.442. The van der Waals surface area contributed by atoms with E-state index >= 15 is 0 Å². The second kappa shape index (κ2) is 6.79. The molecule has 118 valence electrons. The summed E-state index contributed by atoms with van der Waals surface area (Å²) in [4.78, 5) is 4.28. The molecule has 0 aliphatic heterocycles. The minimum Gasteiger partial charge on any atom is -0.476 e. The van der Waals surface area contributed by atoms with Gasteiger partial charge in [-0.1, -0.05) is 36.8 Å². The molecule has 7 heteroatoms. The summed E-state index contributed by atoms with van der Waals surface area (Å²) < 4.78 is 5.57. The first kappa shape index (κ1) is 15.5. The lowest BCUT2D eigenvalue weighted by atomic mass is 10.2. The average Bonchev–Trinajstić information content (AvgIpc) is 3.23. The fraction of sp³-hybridized carbons (Fsp3) is 0.533. The monoisotopic (exact) mass is 338 g/mol. The van der Waals surface area contributed by atoms with Gasteiger partial charge in [0.25, 0.3) is 0 Å². The molecule has 1 aliphatic rings. The van der Waals surface area contributed by atoms with Crippen LogP contribution in [0.4, 0.5) is 5.13 Å². The number of hydrogen-bond acceptors (Lipinski definition) is 6. The van der Waals surface area contributed by atoms with Crippen molar-refractivity contribution in [3.63, 3.8) is 0 Å². The zero-order valence-corrected chi connectivity index (χ0v) is 14.2. The largest absolute Gasteiger partial charge is 0.476 e. The SMILES string of the molecule is CC(C)COc1ncc(CNc2nnc(C3CC3)s2)cc1Cl. The molecule has 0 unspecified atom stereocenters. The maximum absolute atomic E-state index is 6.21. The van der Waals surface area contributed by atoms with Crippen LogP contribution in [0.15, 0.2) is 12.3 Å². The number of halogens is 1. The van der Waals surface area contributed by atoms with Crippen molar-refractivity contribution in [2.75, 3.05) is 11.9 Å². The molecule has 5 nitrogen and oxygen atoms in total. The Hall–Kier alpha value is -1.40. The quantitative estimate of drug-likeness (QED) is 0.823. The van der Waals surface area contributed by atoms with Gasteiger partial charge in [-0.15, -0.1) is 10.2 Å². The van der Waals surface area contributed by atoms with E-state index < -0.39 is 0 Å². The van der Waals surface area contributed by atoms with Crippen molar-refractivity contribution in [1.82, 2.24) is 15.2 Å². The number of nitrogens with zero attached hydrogens (tertiary/aromatic N) is 3. The van der Waals surface area contributed by atoms with Gasteiger partial charge in [-0.3, -0.25) is 0 Å². The summed E-state index contributed by atoms with van der Waals surface area (Å²) in [6, 6.07) is 1.88. The number of nitrogens with one attached hydrogen (secondary N) is 1. The first-order valence-electron chi connectivity index (χ1n) is 7.46. The van der Waals surface area contributed by atoms with Crippen molar-refractivity contribution in [3.8, 4) is 5.88 Å². The zero-order valence-electron chi connectivity index (χ0n) is 12.7. The van der Waals surface area contributed by atoms with E-state index in [-0.39, 0.29) is 0 Å². The molecule has 22 heavy (non-hydrogen) atoms. The predicted octanol–water partition coefficient (Wildman–Crippen LogP) is 4.11. The maximum atomic E-state index is 6.21. The third kappa shape index (κ3) is 4.08. The van der Waals surface area contributed by atoms with E-state index in [2.05, 4.69) is 34.3 Å². The first-order chi connectivity index (χ1) is 10.6. The minimum atomic E-state index is 0.442. The van der Waals surface area contributed by atoms with Crippen LogP contribution in [0, 0.1) is 5.92 Å². The molecular weight excluding hydrogens is 320 g/mol. The number of anilines is 1. The first-order valence-corrected chi connectivity index (χ1v) is 8.65.